The molecule has 0 aromatic heterocycles. The number of hydrogen-bond acceptors (Lipinski definition) is 5. The van der Waals surface area contributed by atoms with Gasteiger partial charge in [-0.3, -0.25) is 4.79 Å². The molecule has 7 nitrogen and oxygen atoms in total. The molecule has 0 radical (unpaired) electrons. The van der Waals surface area contributed by atoms with Gasteiger partial charge in [0.15, 0.2) is 9.84 Å². The van der Waals surface area contributed by atoms with Gasteiger partial charge in [0, 0.05) is 19.0 Å². The first kappa shape index (κ1) is 14.7. The van der Waals surface area contributed by atoms with E-state index in [0.29, 0.717) is 0 Å². The Kier molecular flexibility index (Phi) is 4.17. The molecule has 1 saturated heterocycles. The number of amides is 1. The van der Waals surface area contributed by atoms with Crippen molar-refractivity contribution in [2.24, 2.45) is 5.92 Å². The van der Waals surface area contributed by atoms with E-state index < -0.39 is 25.1 Å². The molecular weight excluding hydrogens is 292 g/mol. The largest absolute Gasteiger partial charge is 0.355 e. The first-order valence-electron chi connectivity index (χ1n) is 6.27. The Morgan fingerprint density at radius 1 is 1.16 bits per heavy atom. The fourth-order valence-corrected chi connectivity index (χ4v) is 6.07. The van der Waals surface area contributed by atoms with Gasteiger partial charge in [0.05, 0.1) is 16.8 Å². The summed E-state index contributed by atoms with van der Waals surface area (Å²) < 4.78 is 48.5. The zero-order valence-electron chi connectivity index (χ0n) is 10.5. The molecule has 19 heavy (non-hydrogen) atoms. The molecule has 0 aromatic rings. The van der Waals surface area contributed by atoms with Gasteiger partial charge in [-0.2, -0.15) is 0 Å². The fraction of sp³-hybridized carbons (Fsp3) is 0.900. The molecule has 0 aromatic carbocycles. The van der Waals surface area contributed by atoms with Crippen LogP contribution in [0, 0.1) is 5.92 Å². The Morgan fingerprint density at radius 3 is 2.37 bits per heavy atom. The average molecular weight is 310 g/mol. The molecule has 1 atom stereocenters. The van der Waals surface area contributed by atoms with E-state index in [2.05, 4.69) is 10.0 Å². The molecule has 1 heterocycles. The van der Waals surface area contributed by atoms with Gasteiger partial charge in [0.2, 0.25) is 15.9 Å². The highest BCUT2D eigenvalue weighted by Gasteiger charge is 2.36. The Labute approximate surface area is 113 Å². The minimum Gasteiger partial charge on any atom is -0.355 e. The maximum atomic E-state index is 11.8. The summed E-state index contributed by atoms with van der Waals surface area (Å²) in [5.41, 5.74) is 0. The molecular formula is C10H18N2O5S2. The zero-order valence-corrected chi connectivity index (χ0v) is 12.1. The van der Waals surface area contributed by atoms with Crippen LogP contribution in [0.2, 0.25) is 0 Å². The standard InChI is InChI=1S/C10H18N2O5S2/c13-10(8-1-2-8)11-4-5-12-19(16,17)9-3-6-18(14,15)7-9/h8-9,12H,1-7H2,(H,11,13). The third-order valence-corrected chi connectivity index (χ3v) is 7.17. The van der Waals surface area contributed by atoms with Crippen molar-refractivity contribution in [2.45, 2.75) is 24.5 Å². The van der Waals surface area contributed by atoms with Crippen molar-refractivity contribution in [3.63, 3.8) is 0 Å². The molecule has 2 N–H and O–H groups in total. The summed E-state index contributed by atoms with van der Waals surface area (Å²) >= 11 is 0. The average Bonchev–Trinajstić information content (AvgIpc) is 3.09. The van der Waals surface area contributed by atoms with Gasteiger partial charge in [0.1, 0.15) is 0 Å². The third-order valence-electron chi connectivity index (χ3n) is 3.31. The molecule has 2 aliphatic rings. The van der Waals surface area contributed by atoms with Crippen molar-refractivity contribution in [1.82, 2.24) is 10.0 Å². The minimum atomic E-state index is -3.61. The molecule has 0 bridgehead atoms. The number of rotatable bonds is 6. The van der Waals surface area contributed by atoms with E-state index in [1.807, 2.05) is 0 Å². The lowest BCUT2D eigenvalue weighted by Gasteiger charge is -2.11. The SMILES string of the molecule is O=C(NCCNS(=O)(=O)C1CCS(=O)(=O)C1)C1CC1. The van der Waals surface area contributed by atoms with E-state index in [-0.39, 0.29) is 42.8 Å². The van der Waals surface area contributed by atoms with Gasteiger partial charge in [-0.1, -0.05) is 0 Å². The van der Waals surface area contributed by atoms with Gasteiger partial charge in [-0.25, -0.2) is 21.6 Å². The molecule has 2 fully saturated rings. The van der Waals surface area contributed by atoms with Crippen LogP contribution in [0.5, 0.6) is 0 Å². The normalized spacial score (nSPS) is 26.2. The molecule has 1 aliphatic carbocycles. The molecule has 9 heteroatoms. The predicted octanol–water partition coefficient (Wildman–Crippen LogP) is -1.38. The maximum absolute atomic E-state index is 11.8. The number of nitrogens with one attached hydrogen (secondary N) is 2. The van der Waals surface area contributed by atoms with Gasteiger partial charge in [-0.15, -0.1) is 0 Å². The summed E-state index contributed by atoms with van der Waals surface area (Å²) in [5, 5.41) is 1.78. The first-order chi connectivity index (χ1) is 8.80. The van der Waals surface area contributed by atoms with Crippen LogP contribution in [0.3, 0.4) is 0 Å². The van der Waals surface area contributed by atoms with E-state index >= 15 is 0 Å². The molecule has 2 rings (SSSR count). The minimum absolute atomic E-state index is 0.0392. The van der Waals surface area contributed by atoms with Gasteiger partial charge >= 0.3 is 0 Å². The van der Waals surface area contributed by atoms with Crippen LogP contribution >= 0.6 is 0 Å². The summed E-state index contributed by atoms with van der Waals surface area (Å²) in [4.78, 5) is 11.3. The molecule has 1 unspecified atom stereocenters. The highest BCUT2D eigenvalue weighted by molar-refractivity contribution is 7.95. The second-order valence-corrected chi connectivity index (χ2v) is 9.30. The second kappa shape index (κ2) is 5.37. The zero-order chi connectivity index (χ0) is 14.1. The van der Waals surface area contributed by atoms with E-state index in [1.54, 1.807) is 0 Å². The van der Waals surface area contributed by atoms with E-state index in [9.17, 15) is 21.6 Å². The Hall–Kier alpha value is -0.670. The van der Waals surface area contributed by atoms with Crippen LogP contribution in [0.4, 0.5) is 0 Å². The Bertz CT molecular complexity index is 550. The van der Waals surface area contributed by atoms with Gasteiger partial charge in [0.25, 0.3) is 0 Å². The topological polar surface area (TPSA) is 109 Å². The van der Waals surface area contributed by atoms with Crippen LogP contribution in [0.1, 0.15) is 19.3 Å². The van der Waals surface area contributed by atoms with Crippen molar-refractivity contribution in [3.8, 4) is 0 Å². The van der Waals surface area contributed by atoms with Crippen LogP contribution in [0.15, 0.2) is 0 Å². The van der Waals surface area contributed by atoms with Crippen LogP contribution in [-0.2, 0) is 24.7 Å². The summed E-state index contributed by atoms with van der Waals surface area (Å²) in [7, 11) is -6.83. The van der Waals surface area contributed by atoms with Gasteiger partial charge < -0.3 is 5.32 Å². The fourth-order valence-electron chi connectivity index (χ4n) is 1.99. The van der Waals surface area contributed by atoms with Crippen molar-refractivity contribution >= 4 is 25.8 Å². The summed E-state index contributed by atoms with van der Waals surface area (Å²) in [6, 6.07) is 0. The van der Waals surface area contributed by atoms with E-state index in [0.717, 1.165) is 12.8 Å². The van der Waals surface area contributed by atoms with Crippen molar-refractivity contribution < 1.29 is 21.6 Å². The highest BCUT2D eigenvalue weighted by atomic mass is 32.2. The number of carbonyl (C=O) groups is 1. The smallest absolute Gasteiger partial charge is 0.223 e. The van der Waals surface area contributed by atoms with Crippen LogP contribution in [0.25, 0.3) is 0 Å². The lowest BCUT2D eigenvalue weighted by atomic mass is 10.4. The van der Waals surface area contributed by atoms with E-state index in [4.69, 9.17) is 0 Å². The van der Waals surface area contributed by atoms with Gasteiger partial charge in [-0.05, 0) is 19.3 Å². The van der Waals surface area contributed by atoms with Crippen molar-refractivity contribution in [3.05, 3.63) is 0 Å². The monoisotopic (exact) mass is 310 g/mol. The Balaban J connectivity index is 1.73. The van der Waals surface area contributed by atoms with Crippen LogP contribution < -0.4 is 10.0 Å². The lowest BCUT2D eigenvalue weighted by molar-refractivity contribution is -0.122. The predicted molar refractivity (Wildman–Crippen MR) is 69.7 cm³/mol. The van der Waals surface area contributed by atoms with E-state index in [1.165, 1.54) is 0 Å². The maximum Gasteiger partial charge on any atom is 0.223 e. The van der Waals surface area contributed by atoms with Crippen molar-refractivity contribution in [1.29, 1.82) is 0 Å². The van der Waals surface area contributed by atoms with Crippen molar-refractivity contribution in [2.75, 3.05) is 24.6 Å². The molecule has 1 aliphatic heterocycles. The molecule has 1 saturated carbocycles. The lowest BCUT2D eigenvalue weighted by Crippen LogP contribution is -2.40. The number of carbonyl (C=O) groups excluding carboxylic acids is 1. The number of hydrogen-bond donors (Lipinski definition) is 2. The van der Waals surface area contributed by atoms with Crippen LogP contribution in [-0.4, -0.2) is 52.6 Å². The third kappa shape index (κ3) is 4.15. The molecule has 1 amide bonds. The highest BCUT2D eigenvalue weighted by Crippen LogP contribution is 2.28. The summed E-state index contributed by atoms with van der Waals surface area (Å²) in [6.07, 6.45) is 1.95. The molecule has 0 spiro atoms. The summed E-state index contributed by atoms with van der Waals surface area (Å²) in [6.45, 7) is 0.325. The Morgan fingerprint density at radius 2 is 1.84 bits per heavy atom. The first-order valence-corrected chi connectivity index (χ1v) is 9.63. The molecule has 110 valence electrons. The quantitative estimate of drug-likeness (QED) is 0.588. The summed E-state index contributed by atoms with van der Waals surface area (Å²) in [5.74, 6) is -0.326. The number of sulfonamides is 1. The number of sulfone groups is 1. The second-order valence-electron chi connectivity index (χ2n) is 5.03.